The summed E-state index contributed by atoms with van der Waals surface area (Å²) in [6.45, 7) is 2.13. The SMILES string of the molecule is Cc1cc(OCc2ccc(/C=C/C(=O)c3ccc(O)cc3O)o2)ccc1Cl. The summed E-state index contributed by atoms with van der Waals surface area (Å²) >= 11 is 5.99. The molecule has 0 aliphatic heterocycles. The van der Waals surface area contributed by atoms with Crippen LogP contribution in [-0.4, -0.2) is 16.0 Å². The minimum atomic E-state index is -0.404. The molecule has 0 amide bonds. The third-order valence-corrected chi connectivity index (χ3v) is 4.26. The molecule has 27 heavy (non-hydrogen) atoms. The maximum atomic E-state index is 12.1. The largest absolute Gasteiger partial charge is 0.508 e. The molecule has 0 unspecified atom stereocenters. The molecule has 0 spiro atoms. The Kier molecular flexibility index (Phi) is 5.52. The second-order valence-electron chi connectivity index (χ2n) is 5.90. The first-order valence-electron chi connectivity index (χ1n) is 8.14. The Morgan fingerprint density at radius 3 is 2.70 bits per heavy atom. The van der Waals surface area contributed by atoms with Gasteiger partial charge in [-0.1, -0.05) is 11.6 Å². The summed E-state index contributed by atoms with van der Waals surface area (Å²) in [5.74, 6) is 0.965. The lowest BCUT2D eigenvalue weighted by molar-refractivity contribution is 0.104. The van der Waals surface area contributed by atoms with Gasteiger partial charge in [0.05, 0.1) is 5.56 Å². The van der Waals surface area contributed by atoms with E-state index in [2.05, 4.69) is 0 Å². The molecule has 0 saturated heterocycles. The lowest BCUT2D eigenvalue weighted by Gasteiger charge is -2.05. The second kappa shape index (κ2) is 8.01. The summed E-state index contributed by atoms with van der Waals surface area (Å²) in [7, 11) is 0. The number of furan rings is 1. The molecule has 2 aromatic carbocycles. The molecule has 0 atom stereocenters. The summed E-state index contributed by atoms with van der Waals surface area (Å²) < 4.78 is 11.3. The molecule has 3 rings (SSSR count). The van der Waals surface area contributed by atoms with E-state index in [1.54, 1.807) is 24.3 Å². The molecule has 1 heterocycles. The van der Waals surface area contributed by atoms with Crippen LogP contribution in [0.1, 0.15) is 27.4 Å². The molecule has 0 aliphatic carbocycles. The number of phenolic OH excluding ortho intramolecular Hbond substituents is 2. The van der Waals surface area contributed by atoms with Gasteiger partial charge in [0, 0.05) is 11.1 Å². The second-order valence-corrected chi connectivity index (χ2v) is 6.31. The normalized spacial score (nSPS) is 11.0. The number of aryl methyl sites for hydroxylation is 1. The van der Waals surface area contributed by atoms with Gasteiger partial charge in [0.1, 0.15) is 35.4 Å². The van der Waals surface area contributed by atoms with Gasteiger partial charge >= 0.3 is 0 Å². The van der Waals surface area contributed by atoms with Crippen molar-refractivity contribution in [3.63, 3.8) is 0 Å². The van der Waals surface area contributed by atoms with Crippen molar-refractivity contribution in [2.24, 2.45) is 0 Å². The van der Waals surface area contributed by atoms with Crippen molar-refractivity contribution in [2.45, 2.75) is 13.5 Å². The van der Waals surface area contributed by atoms with Crippen LogP contribution in [0.3, 0.4) is 0 Å². The fourth-order valence-corrected chi connectivity index (χ4v) is 2.52. The predicted molar refractivity (Wildman–Crippen MR) is 102 cm³/mol. The lowest BCUT2D eigenvalue weighted by atomic mass is 10.1. The van der Waals surface area contributed by atoms with Crippen LogP contribution in [0.5, 0.6) is 17.2 Å². The monoisotopic (exact) mass is 384 g/mol. The van der Waals surface area contributed by atoms with Crippen molar-refractivity contribution in [1.29, 1.82) is 0 Å². The van der Waals surface area contributed by atoms with Gasteiger partial charge in [-0.25, -0.2) is 0 Å². The van der Waals surface area contributed by atoms with Gasteiger partial charge in [0.15, 0.2) is 5.78 Å². The zero-order valence-electron chi connectivity index (χ0n) is 14.5. The molecule has 5 nitrogen and oxygen atoms in total. The minimum Gasteiger partial charge on any atom is -0.508 e. The first kappa shape index (κ1) is 18.6. The molecule has 0 saturated carbocycles. The van der Waals surface area contributed by atoms with E-state index in [0.717, 1.165) is 11.6 Å². The van der Waals surface area contributed by atoms with E-state index in [1.807, 2.05) is 13.0 Å². The number of halogens is 1. The van der Waals surface area contributed by atoms with Crippen molar-refractivity contribution >= 4 is 23.5 Å². The number of aromatic hydroxyl groups is 2. The molecule has 2 N–H and O–H groups in total. The lowest BCUT2D eigenvalue weighted by Crippen LogP contribution is -1.94. The summed E-state index contributed by atoms with van der Waals surface area (Å²) in [5, 5.41) is 19.7. The summed E-state index contributed by atoms with van der Waals surface area (Å²) in [6.07, 6.45) is 2.79. The Morgan fingerprint density at radius 1 is 1.15 bits per heavy atom. The predicted octanol–water partition coefficient (Wildman–Crippen LogP) is 5.13. The molecule has 0 radical (unpaired) electrons. The van der Waals surface area contributed by atoms with Crippen molar-refractivity contribution in [2.75, 3.05) is 0 Å². The van der Waals surface area contributed by atoms with E-state index in [4.69, 9.17) is 20.8 Å². The van der Waals surface area contributed by atoms with Crippen molar-refractivity contribution < 1.29 is 24.2 Å². The number of hydrogen-bond acceptors (Lipinski definition) is 5. The third kappa shape index (κ3) is 4.71. The van der Waals surface area contributed by atoms with Crippen molar-refractivity contribution in [3.8, 4) is 17.2 Å². The number of ether oxygens (including phenoxy) is 1. The van der Waals surface area contributed by atoms with Crippen LogP contribution in [0.4, 0.5) is 0 Å². The van der Waals surface area contributed by atoms with Crippen LogP contribution in [0.25, 0.3) is 6.08 Å². The fraction of sp³-hybridized carbons (Fsp3) is 0.0952. The summed E-state index contributed by atoms with van der Waals surface area (Å²) in [5.41, 5.74) is 1.02. The molecular formula is C21H17ClO5. The van der Waals surface area contributed by atoms with Gasteiger partial charge in [0.2, 0.25) is 0 Å². The Balaban J connectivity index is 1.62. The fourth-order valence-electron chi connectivity index (χ4n) is 2.40. The Bertz CT molecular complexity index is 1000. The third-order valence-electron chi connectivity index (χ3n) is 3.84. The number of carbonyl (C=O) groups excluding carboxylic acids is 1. The molecule has 6 heteroatoms. The maximum absolute atomic E-state index is 12.1. The van der Waals surface area contributed by atoms with E-state index in [0.29, 0.717) is 22.3 Å². The zero-order valence-corrected chi connectivity index (χ0v) is 15.2. The highest BCUT2D eigenvalue weighted by molar-refractivity contribution is 6.31. The highest BCUT2D eigenvalue weighted by Gasteiger charge is 2.09. The molecule has 1 aromatic heterocycles. The number of rotatable bonds is 6. The average molecular weight is 385 g/mol. The van der Waals surface area contributed by atoms with Crippen LogP contribution in [0.2, 0.25) is 5.02 Å². The molecule has 0 aliphatic rings. The van der Waals surface area contributed by atoms with E-state index in [9.17, 15) is 15.0 Å². The molecule has 0 bridgehead atoms. The quantitative estimate of drug-likeness (QED) is 0.455. The minimum absolute atomic E-state index is 0.0947. The standard InChI is InChI=1S/C21H17ClO5/c1-13-10-16(5-8-19(13)22)26-12-17-4-3-15(27-17)6-9-20(24)18-7-2-14(23)11-21(18)25/h2-11,23,25H,12H2,1H3/b9-6+. The zero-order chi connectivity index (χ0) is 19.4. The molecule has 0 fully saturated rings. The first-order valence-corrected chi connectivity index (χ1v) is 8.52. The van der Waals surface area contributed by atoms with Gasteiger partial charge in [-0.15, -0.1) is 0 Å². The van der Waals surface area contributed by atoms with Crippen LogP contribution >= 0.6 is 11.6 Å². The topological polar surface area (TPSA) is 79.9 Å². The number of hydrogen-bond donors (Lipinski definition) is 2. The van der Waals surface area contributed by atoms with Crippen LogP contribution < -0.4 is 4.74 Å². The maximum Gasteiger partial charge on any atom is 0.189 e. The molecule has 3 aromatic rings. The van der Waals surface area contributed by atoms with E-state index >= 15 is 0 Å². The Hall–Kier alpha value is -3.18. The average Bonchev–Trinajstić information content (AvgIpc) is 3.08. The van der Waals surface area contributed by atoms with Gasteiger partial charge in [-0.3, -0.25) is 4.79 Å². The van der Waals surface area contributed by atoms with Crippen LogP contribution in [0.15, 0.2) is 59.0 Å². The van der Waals surface area contributed by atoms with Crippen LogP contribution in [0, 0.1) is 6.92 Å². The number of benzene rings is 2. The summed E-state index contributed by atoms with van der Waals surface area (Å²) in [6, 6.07) is 12.7. The summed E-state index contributed by atoms with van der Waals surface area (Å²) in [4.78, 5) is 12.1. The van der Waals surface area contributed by atoms with Gasteiger partial charge in [-0.05, 0) is 67.1 Å². The first-order chi connectivity index (χ1) is 12.9. The number of phenols is 2. The number of ketones is 1. The smallest absolute Gasteiger partial charge is 0.189 e. The molecular weight excluding hydrogens is 368 g/mol. The van der Waals surface area contributed by atoms with Gasteiger partial charge in [0.25, 0.3) is 0 Å². The van der Waals surface area contributed by atoms with Crippen molar-refractivity contribution in [3.05, 3.63) is 82.3 Å². The Labute approximate surface area is 161 Å². The van der Waals surface area contributed by atoms with Crippen molar-refractivity contribution in [1.82, 2.24) is 0 Å². The molecule has 138 valence electrons. The van der Waals surface area contributed by atoms with Crippen LogP contribution in [-0.2, 0) is 6.61 Å². The van der Waals surface area contributed by atoms with E-state index < -0.39 is 5.78 Å². The highest BCUT2D eigenvalue weighted by Crippen LogP contribution is 2.24. The van der Waals surface area contributed by atoms with Gasteiger partial charge < -0.3 is 19.4 Å². The van der Waals surface area contributed by atoms with E-state index in [1.165, 1.54) is 24.3 Å². The van der Waals surface area contributed by atoms with Gasteiger partial charge in [-0.2, -0.15) is 0 Å². The highest BCUT2D eigenvalue weighted by atomic mass is 35.5. The Morgan fingerprint density at radius 2 is 1.96 bits per heavy atom. The number of carbonyl (C=O) groups is 1. The van der Waals surface area contributed by atoms with E-state index in [-0.39, 0.29) is 23.7 Å². The number of allylic oxidation sites excluding steroid dienone is 1.